The third kappa shape index (κ3) is 4.74. The summed E-state index contributed by atoms with van der Waals surface area (Å²) in [6, 6.07) is 4.60. The van der Waals surface area contributed by atoms with Gasteiger partial charge < -0.3 is 4.74 Å². The van der Waals surface area contributed by atoms with Gasteiger partial charge in [-0.05, 0) is 46.5 Å². The summed E-state index contributed by atoms with van der Waals surface area (Å²) in [6.45, 7) is 0. The third-order valence-corrected chi connectivity index (χ3v) is 3.00. The van der Waals surface area contributed by atoms with Gasteiger partial charge in [-0.25, -0.2) is 0 Å². The molecule has 0 aromatic heterocycles. The molecule has 6 heteroatoms. The summed E-state index contributed by atoms with van der Waals surface area (Å²) in [5.74, 6) is -0.213. The number of hydrogen-bond donors (Lipinski definition) is 0. The van der Waals surface area contributed by atoms with Crippen LogP contribution in [0.15, 0.2) is 22.7 Å². The minimum absolute atomic E-state index is 0.213. The van der Waals surface area contributed by atoms with Crippen LogP contribution < -0.4 is 4.74 Å². The van der Waals surface area contributed by atoms with E-state index in [2.05, 4.69) is 36.6 Å². The molecule has 1 aromatic carbocycles. The lowest BCUT2D eigenvalue weighted by atomic mass is 10.1. The highest BCUT2D eigenvalue weighted by Crippen LogP contribution is 2.31. The second-order valence-corrected chi connectivity index (χ2v) is 4.75. The second kappa shape index (κ2) is 5.91. The molecule has 90 valence electrons. The van der Waals surface area contributed by atoms with Gasteiger partial charge in [0.05, 0.1) is 4.47 Å². The van der Waals surface area contributed by atoms with E-state index in [9.17, 15) is 13.2 Å². The average Bonchev–Trinajstić information content (AvgIpc) is 2.17. The largest absolute Gasteiger partial charge is 0.573 e. The Balaban J connectivity index is 2.75. The zero-order chi connectivity index (χ0) is 12.2. The number of benzene rings is 1. The normalized spacial score (nSPS) is 11.6. The van der Waals surface area contributed by atoms with Crippen molar-refractivity contribution in [2.75, 3.05) is 5.33 Å². The van der Waals surface area contributed by atoms with Crippen molar-refractivity contribution in [3.8, 4) is 5.75 Å². The molecule has 1 rings (SSSR count). The maximum atomic E-state index is 12.0. The van der Waals surface area contributed by atoms with E-state index in [1.54, 1.807) is 12.1 Å². The molecule has 0 bridgehead atoms. The van der Waals surface area contributed by atoms with Crippen LogP contribution in [0, 0.1) is 0 Å². The van der Waals surface area contributed by atoms with E-state index in [0.717, 1.165) is 23.7 Å². The summed E-state index contributed by atoms with van der Waals surface area (Å²) in [6.07, 6.45) is -2.90. The van der Waals surface area contributed by atoms with Gasteiger partial charge in [0.1, 0.15) is 5.75 Å². The molecular formula is C10H9Br2F3O. The first-order valence-electron chi connectivity index (χ1n) is 4.52. The van der Waals surface area contributed by atoms with Crippen LogP contribution in [-0.4, -0.2) is 11.7 Å². The minimum atomic E-state index is -4.65. The summed E-state index contributed by atoms with van der Waals surface area (Å²) in [5, 5.41) is 0.866. The third-order valence-electron chi connectivity index (χ3n) is 1.82. The standard InChI is InChI=1S/C10H9Br2F3O/c11-5-1-2-7-3-4-9(8(12)6-7)16-10(13,14)15/h3-4,6H,1-2,5H2. The van der Waals surface area contributed by atoms with Gasteiger partial charge >= 0.3 is 6.36 Å². The zero-order valence-corrected chi connectivity index (χ0v) is 11.3. The predicted octanol–water partition coefficient (Wildman–Crippen LogP) is 4.68. The molecule has 0 saturated heterocycles. The number of halogens is 5. The number of ether oxygens (including phenoxy) is 1. The van der Waals surface area contributed by atoms with Crippen LogP contribution in [0.5, 0.6) is 5.75 Å². The fourth-order valence-corrected chi connectivity index (χ4v) is 1.97. The lowest BCUT2D eigenvalue weighted by Gasteiger charge is -2.11. The van der Waals surface area contributed by atoms with Gasteiger partial charge in [-0.15, -0.1) is 13.2 Å². The molecule has 0 aliphatic carbocycles. The second-order valence-electron chi connectivity index (χ2n) is 3.11. The zero-order valence-electron chi connectivity index (χ0n) is 8.15. The Labute approximate surface area is 108 Å². The van der Waals surface area contributed by atoms with Gasteiger partial charge in [0.15, 0.2) is 0 Å². The van der Waals surface area contributed by atoms with Gasteiger partial charge in [-0.2, -0.15) is 0 Å². The Morgan fingerprint density at radius 3 is 2.44 bits per heavy atom. The van der Waals surface area contributed by atoms with E-state index in [0.29, 0.717) is 4.47 Å². The van der Waals surface area contributed by atoms with Crippen LogP contribution in [0.25, 0.3) is 0 Å². The predicted molar refractivity (Wildman–Crippen MR) is 62.9 cm³/mol. The summed E-state index contributed by atoms with van der Waals surface area (Å²) < 4.78 is 40.1. The van der Waals surface area contributed by atoms with Gasteiger partial charge in [-0.3, -0.25) is 0 Å². The maximum absolute atomic E-state index is 12.0. The Hall–Kier alpha value is -0.230. The van der Waals surface area contributed by atoms with Gasteiger partial charge in [0.2, 0.25) is 0 Å². The number of rotatable bonds is 4. The monoisotopic (exact) mass is 360 g/mol. The molecule has 0 aliphatic rings. The van der Waals surface area contributed by atoms with Crippen molar-refractivity contribution in [2.24, 2.45) is 0 Å². The molecule has 1 nitrogen and oxygen atoms in total. The molecule has 0 N–H and O–H groups in total. The summed E-state index contributed by atoms with van der Waals surface area (Å²) in [5.41, 5.74) is 0.973. The first kappa shape index (κ1) is 13.8. The molecule has 0 radical (unpaired) electrons. The van der Waals surface area contributed by atoms with Crippen molar-refractivity contribution < 1.29 is 17.9 Å². The van der Waals surface area contributed by atoms with Gasteiger partial charge in [0, 0.05) is 5.33 Å². The molecule has 0 atom stereocenters. The van der Waals surface area contributed by atoms with Crippen molar-refractivity contribution in [1.29, 1.82) is 0 Å². The number of aryl methyl sites for hydroxylation is 1. The van der Waals surface area contributed by atoms with E-state index >= 15 is 0 Å². The first-order valence-corrected chi connectivity index (χ1v) is 6.44. The topological polar surface area (TPSA) is 9.23 Å². The molecule has 0 aliphatic heterocycles. The van der Waals surface area contributed by atoms with Crippen molar-refractivity contribution >= 4 is 31.9 Å². The minimum Gasteiger partial charge on any atom is -0.405 e. The molecule has 1 aromatic rings. The fourth-order valence-electron chi connectivity index (χ4n) is 1.18. The van der Waals surface area contributed by atoms with E-state index in [1.807, 2.05) is 0 Å². The highest BCUT2D eigenvalue weighted by molar-refractivity contribution is 9.10. The molecule has 0 amide bonds. The average molecular weight is 362 g/mol. The van der Waals surface area contributed by atoms with Crippen LogP contribution in [0.3, 0.4) is 0 Å². The van der Waals surface area contributed by atoms with Gasteiger partial charge in [0.25, 0.3) is 0 Å². The Morgan fingerprint density at radius 2 is 1.94 bits per heavy atom. The fraction of sp³-hybridized carbons (Fsp3) is 0.400. The van der Waals surface area contributed by atoms with Crippen molar-refractivity contribution in [1.82, 2.24) is 0 Å². The number of hydrogen-bond acceptors (Lipinski definition) is 1. The Bertz CT molecular complexity index is 352. The summed E-state index contributed by atoms with van der Waals surface area (Å²) in [7, 11) is 0. The van der Waals surface area contributed by atoms with Crippen LogP contribution >= 0.6 is 31.9 Å². The first-order chi connectivity index (χ1) is 7.42. The van der Waals surface area contributed by atoms with Crippen molar-refractivity contribution in [2.45, 2.75) is 19.2 Å². The molecule has 0 unspecified atom stereocenters. The van der Waals surface area contributed by atoms with Crippen molar-refractivity contribution in [3.05, 3.63) is 28.2 Å². The molecular weight excluding hydrogens is 353 g/mol. The van der Waals surface area contributed by atoms with E-state index < -0.39 is 6.36 Å². The van der Waals surface area contributed by atoms with Crippen molar-refractivity contribution in [3.63, 3.8) is 0 Å². The Kier molecular flexibility index (Phi) is 5.11. The van der Waals surface area contributed by atoms with Crippen LogP contribution in [-0.2, 0) is 6.42 Å². The van der Waals surface area contributed by atoms with Crippen LogP contribution in [0.2, 0.25) is 0 Å². The SMILES string of the molecule is FC(F)(F)Oc1ccc(CCCBr)cc1Br. The number of alkyl halides is 4. The summed E-state index contributed by atoms with van der Waals surface area (Å²) in [4.78, 5) is 0. The van der Waals surface area contributed by atoms with E-state index in [-0.39, 0.29) is 5.75 Å². The lowest BCUT2D eigenvalue weighted by Crippen LogP contribution is -2.17. The highest BCUT2D eigenvalue weighted by Gasteiger charge is 2.31. The quantitative estimate of drug-likeness (QED) is 0.708. The van der Waals surface area contributed by atoms with E-state index in [4.69, 9.17) is 0 Å². The van der Waals surface area contributed by atoms with Gasteiger partial charge in [-0.1, -0.05) is 22.0 Å². The molecule has 16 heavy (non-hydrogen) atoms. The van der Waals surface area contributed by atoms with Crippen LogP contribution in [0.1, 0.15) is 12.0 Å². The summed E-state index contributed by atoms with van der Waals surface area (Å²) >= 11 is 6.35. The molecule has 0 spiro atoms. The van der Waals surface area contributed by atoms with E-state index in [1.165, 1.54) is 6.07 Å². The maximum Gasteiger partial charge on any atom is 0.573 e. The molecule has 0 heterocycles. The lowest BCUT2D eigenvalue weighted by molar-refractivity contribution is -0.274. The Morgan fingerprint density at radius 1 is 1.25 bits per heavy atom. The highest BCUT2D eigenvalue weighted by atomic mass is 79.9. The molecule has 0 fully saturated rings. The smallest absolute Gasteiger partial charge is 0.405 e. The molecule has 0 saturated carbocycles. The van der Waals surface area contributed by atoms with Crippen LogP contribution in [0.4, 0.5) is 13.2 Å².